The summed E-state index contributed by atoms with van der Waals surface area (Å²) in [6.45, 7) is 4.34. The van der Waals surface area contributed by atoms with Gasteiger partial charge in [-0.2, -0.15) is 4.31 Å². The summed E-state index contributed by atoms with van der Waals surface area (Å²) in [5.41, 5.74) is 2.99. The van der Waals surface area contributed by atoms with Crippen molar-refractivity contribution in [2.75, 3.05) is 18.4 Å². The SMILES string of the molecule is CC1CN(S(=O)(=O)c2ccc(C(=O)Nc3ccccc3-c3ccccc3)cc2)CC(C)O1. The van der Waals surface area contributed by atoms with Gasteiger partial charge in [0.1, 0.15) is 0 Å². The number of carbonyl (C=O) groups is 1. The average molecular weight is 451 g/mol. The quantitative estimate of drug-likeness (QED) is 0.625. The lowest BCUT2D eigenvalue weighted by Gasteiger charge is -2.34. The summed E-state index contributed by atoms with van der Waals surface area (Å²) in [6.07, 6.45) is -0.327. The Hall–Kier alpha value is -3.00. The van der Waals surface area contributed by atoms with Crippen LogP contribution in [0.15, 0.2) is 83.8 Å². The Bertz CT molecular complexity index is 1180. The van der Waals surface area contributed by atoms with E-state index in [4.69, 9.17) is 4.74 Å². The lowest BCUT2D eigenvalue weighted by atomic mass is 10.0. The number of ether oxygens (including phenoxy) is 1. The second kappa shape index (κ2) is 9.24. The Labute approximate surface area is 188 Å². The normalized spacial score (nSPS) is 19.4. The minimum Gasteiger partial charge on any atom is -0.373 e. The lowest BCUT2D eigenvalue weighted by Crippen LogP contribution is -2.48. The molecule has 166 valence electrons. The van der Waals surface area contributed by atoms with Crippen molar-refractivity contribution in [3.8, 4) is 11.1 Å². The Balaban J connectivity index is 1.53. The van der Waals surface area contributed by atoms with Crippen LogP contribution in [-0.2, 0) is 14.8 Å². The molecule has 0 saturated carbocycles. The molecular weight excluding hydrogens is 424 g/mol. The van der Waals surface area contributed by atoms with E-state index in [1.165, 1.54) is 16.4 Å². The van der Waals surface area contributed by atoms with Gasteiger partial charge in [0.05, 0.1) is 17.1 Å². The average Bonchev–Trinajstić information content (AvgIpc) is 2.79. The molecule has 1 amide bonds. The molecule has 1 N–H and O–H groups in total. The minimum absolute atomic E-state index is 0.164. The van der Waals surface area contributed by atoms with Crippen LogP contribution in [0.3, 0.4) is 0 Å². The van der Waals surface area contributed by atoms with Crippen molar-refractivity contribution >= 4 is 21.6 Å². The molecule has 3 aromatic carbocycles. The van der Waals surface area contributed by atoms with Gasteiger partial charge in [-0.25, -0.2) is 8.42 Å². The number of para-hydroxylation sites is 1. The van der Waals surface area contributed by atoms with Gasteiger partial charge in [0.15, 0.2) is 0 Å². The van der Waals surface area contributed by atoms with Crippen LogP contribution in [-0.4, -0.2) is 43.9 Å². The summed E-state index contributed by atoms with van der Waals surface area (Å²) in [5.74, 6) is -0.300. The highest BCUT2D eigenvalue weighted by atomic mass is 32.2. The number of nitrogens with zero attached hydrogens (tertiary/aromatic N) is 1. The number of hydrogen-bond donors (Lipinski definition) is 1. The van der Waals surface area contributed by atoms with E-state index < -0.39 is 10.0 Å². The number of sulfonamides is 1. The van der Waals surface area contributed by atoms with Crippen LogP contribution in [0, 0.1) is 0 Å². The second-order valence-corrected chi connectivity index (χ2v) is 9.91. The summed E-state index contributed by atoms with van der Waals surface area (Å²) in [6, 6.07) is 23.4. The number of rotatable bonds is 5. The molecule has 1 fully saturated rings. The monoisotopic (exact) mass is 450 g/mol. The number of morpholine rings is 1. The third-order valence-corrected chi connectivity index (χ3v) is 7.25. The van der Waals surface area contributed by atoms with E-state index in [9.17, 15) is 13.2 Å². The fourth-order valence-corrected chi connectivity index (χ4v) is 5.50. The third-order valence-electron chi connectivity index (χ3n) is 5.40. The molecule has 2 atom stereocenters. The first kappa shape index (κ1) is 22.2. The summed E-state index contributed by atoms with van der Waals surface area (Å²) in [4.78, 5) is 13.0. The van der Waals surface area contributed by atoms with Gasteiger partial charge in [-0.3, -0.25) is 4.79 Å². The van der Waals surface area contributed by atoms with Crippen LogP contribution in [0.4, 0.5) is 5.69 Å². The third kappa shape index (κ3) is 4.75. The Morgan fingerprint density at radius 2 is 1.47 bits per heavy atom. The van der Waals surface area contributed by atoms with E-state index in [1.54, 1.807) is 12.1 Å². The topological polar surface area (TPSA) is 75.7 Å². The number of nitrogens with one attached hydrogen (secondary N) is 1. The number of benzene rings is 3. The Morgan fingerprint density at radius 3 is 2.12 bits per heavy atom. The molecule has 4 rings (SSSR count). The lowest BCUT2D eigenvalue weighted by molar-refractivity contribution is -0.0440. The van der Waals surface area contributed by atoms with E-state index >= 15 is 0 Å². The number of anilines is 1. The molecule has 0 aromatic heterocycles. The molecule has 6 nitrogen and oxygen atoms in total. The fraction of sp³-hybridized carbons (Fsp3) is 0.240. The first-order valence-electron chi connectivity index (χ1n) is 10.6. The summed E-state index contributed by atoms with van der Waals surface area (Å²) >= 11 is 0. The molecule has 1 aliphatic heterocycles. The Morgan fingerprint density at radius 1 is 0.875 bits per heavy atom. The second-order valence-electron chi connectivity index (χ2n) is 7.97. The van der Waals surface area contributed by atoms with Crippen LogP contribution in [0.1, 0.15) is 24.2 Å². The molecule has 7 heteroatoms. The van der Waals surface area contributed by atoms with Gasteiger partial charge in [-0.05, 0) is 49.7 Å². The van der Waals surface area contributed by atoms with E-state index in [-0.39, 0.29) is 23.0 Å². The summed E-state index contributed by atoms with van der Waals surface area (Å²) in [5, 5.41) is 2.94. The molecule has 1 saturated heterocycles. The molecule has 1 aliphatic rings. The smallest absolute Gasteiger partial charge is 0.255 e. The van der Waals surface area contributed by atoms with Crippen molar-refractivity contribution in [2.45, 2.75) is 31.0 Å². The van der Waals surface area contributed by atoms with E-state index in [0.29, 0.717) is 24.3 Å². The van der Waals surface area contributed by atoms with Gasteiger partial charge < -0.3 is 10.1 Å². The Kier molecular flexibility index (Phi) is 6.41. The number of carbonyl (C=O) groups excluding carboxylic acids is 1. The molecule has 3 aromatic rings. The first-order chi connectivity index (χ1) is 15.3. The molecular formula is C25H26N2O4S. The molecule has 1 heterocycles. The standard InChI is InChI=1S/C25H26N2O4S/c1-18-16-27(17-19(2)31-18)32(29,30)22-14-12-21(13-15-22)25(28)26-24-11-7-6-10-23(24)20-8-4-3-5-9-20/h3-15,18-19H,16-17H2,1-2H3,(H,26,28). The van der Waals surface area contributed by atoms with Gasteiger partial charge in [-0.1, -0.05) is 48.5 Å². The van der Waals surface area contributed by atoms with Crippen LogP contribution < -0.4 is 5.32 Å². The molecule has 32 heavy (non-hydrogen) atoms. The zero-order chi connectivity index (χ0) is 22.7. The van der Waals surface area contributed by atoms with Crippen LogP contribution in [0.25, 0.3) is 11.1 Å². The highest BCUT2D eigenvalue weighted by Gasteiger charge is 2.32. The zero-order valence-corrected chi connectivity index (χ0v) is 18.9. The first-order valence-corrected chi connectivity index (χ1v) is 12.0. The maximum Gasteiger partial charge on any atom is 0.255 e. The van der Waals surface area contributed by atoms with Crippen molar-refractivity contribution in [1.82, 2.24) is 4.31 Å². The van der Waals surface area contributed by atoms with Gasteiger partial charge in [-0.15, -0.1) is 0 Å². The van der Waals surface area contributed by atoms with Gasteiger partial charge in [0.25, 0.3) is 5.91 Å². The van der Waals surface area contributed by atoms with Crippen LogP contribution in [0.2, 0.25) is 0 Å². The van der Waals surface area contributed by atoms with E-state index in [2.05, 4.69) is 5.32 Å². The molecule has 0 aliphatic carbocycles. The van der Waals surface area contributed by atoms with Crippen LogP contribution in [0.5, 0.6) is 0 Å². The van der Waals surface area contributed by atoms with Gasteiger partial charge in [0, 0.05) is 29.9 Å². The largest absolute Gasteiger partial charge is 0.373 e. The molecule has 0 bridgehead atoms. The predicted molar refractivity (Wildman–Crippen MR) is 125 cm³/mol. The maximum atomic E-state index is 13.0. The van der Waals surface area contributed by atoms with Gasteiger partial charge >= 0.3 is 0 Å². The van der Waals surface area contributed by atoms with E-state index in [0.717, 1.165) is 11.1 Å². The van der Waals surface area contributed by atoms with Crippen molar-refractivity contribution in [1.29, 1.82) is 0 Å². The highest BCUT2D eigenvalue weighted by molar-refractivity contribution is 7.89. The number of hydrogen-bond acceptors (Lipinski definition) is 4. The van der Waals surface area contributed by atoms with Gasteiger partial charge in [0.2, 0.25) is 10.0 Å². The summed E-state index contributed by atoms with van der Waals surface area (Å²) < 4.78 is 33.1. The molecule has 0 radical (unpaired) electrons. The van der Waals surface area contributed by atoms with Crippen molar-refractivity contribution in [3.63, 3.8) is 0 Å². The minimum atomic E-state index is -3.65. The highest BCUT2D eigenvalue weighted by Crippen LogP contribution is 2.28. The maximum absolute atomic E-state index is 13.0. The fourth-order valence-electron chi connectivity index (χ4n) is 3.91. The zero-order valence-electron chi connectivity index (χ0n) is 18.1. The predicted octanol–water partition coefficient (Wildman–Crippen LogP) is 4.40. The summed E-state index contributed by atoms with van der Waals surface area (Å²) in [7, 11) is -3.65. The molecule has 2 unspecified atom stereocenters. The van der Waals surface area contributed by atoms with E-state index in [1.807, 2.05) is 68.4 Å². The molecule has 0 spiro atoms. The number of amides is 1. The van der Waals surface area contributed by atoms with Crippen molar-refractivity contribution in [2.24, 2.45) is 0 Å². The van der Waals surface area contributed by atoms with Crippen molar-refractivity contribution < 1.29 is 17.9 Å². The van der Waals surface area contributed by atoms with Crippen LogP contribution >= 0.6 is 0 Å². The van der Waals surface area contributed by atoms with Crippen molar-refractivity contribution in [3.05, 3.63) is 84.4 Å².